The molecule has 3 heteroatoms. The van der Waals surface area contributed by atoms with Crippen LogP contribution in [0.2, 0.25) is 0 Å². The molecule has 1 fully saturated rings. The molecule has 2 atom stereocenters. The van der Waals surface area contributed by atoms with Gasteiger partial charge in [0.2, 0.25) is 0 Å². The molecule has 2 unspecified atom stereocenters. The Morgan fingerprint density at radius 1 is 1.14 bits per heavy atom. The summed E-state index contributed by atoms with van der Waals surface area (Å²) in [5.74, 6) is -0.515. The number of Topliss-reactive ketones (excluding diaryl/α,β-unsaturated/α-hetero) is 1. The molecular weight excluding hydrogens is 276 g/mol. The Bertz CT molecular complexity index is 580. The number of methoxy groups -OCH3 is 1. The van der Waals surface area contributed by atoms with E-state index in [2.05, 4.69) is 32.9 Å². The molecule has 1 aromatic carbocycles. The van der Waals surface area contributed by atoms with Crippen LogP contribution in [0.25, 0.3) is 0 Å². The molecule has 0 heterocycles. The fourth-order valence-electron chi connectivity index (χ4n) is 4.30. The standard InChI is InChI=1S/C19H26O3/c1-12-10-13(2)17(14(3)11-12)16-8-6-7-9-19(16,15(4)20)18(21)22-5/h10-11,16H,6-9H2,1-5H3. The van der Waals surface area contributed by atoms with Gasteiger partial charge in [-0.25, -0.2) is 0 Å². The van der Waals surface area contributed by atoms with Gasteiger partial charge < -0.3 is 4.74 Å². The molecule has 0 aromatic heterocycles. The topological polar surface area (TPSA) is 43.4 Å². The minimum Gasteiger partial charge on any atom is -0.468 e. The summed E-state index contributed by atoms with van der Waals surface area (Å²) in [6.45, 7) is 7.76. The zero-order valence-corrected chi connectivity index (χ0v) is 14.3. The van der Waals surface area contributed by atoms with Crippen molar-refractivity contribution < 1.29 is 14.3 Å². The molecule has 1 saturated carbocycles. The maximum atomic E-state index is 12.6. The summed E-state index contributed by atoms with van der Waals surface area (Å²) < 4.78 is 5.05. The molecule has 0 N–H and O–H groups in total. The van der Waals surface area contributed by atoms with Gasteiger partial charge >= 0.3 is 5.97 Å². The van der Waals surface area contributed by atoms with Crippen LogP contribution >= 0.6 is 0 Å². The number of esters is 1. The maximum Gasteiger partial charge on any atom is 0.319 e. The summed E-state index contributed by atoms with van der Waals surface area (Å²) in [5, 5.41) is 0. The van der Waals surface area contributed by atoms with E-state index in [4.69, 9.17) is 4.74 Å². The van der Waals surface area contributed by atoms with Gasteiger partial charge in [-0.05, 0) is 57.2 Å². The van der Waals surface area contributed by atoms with Gasteiger partial charge in [0, 0.05) is 5.92 Å². The van der Waals surface area contributed by atoms with Gasteiger partial charge in [0.15, 0.2) is 0 Å². The highest BCUT2D eigenvalue weighted by molar-refractivity contribution is 6.04. The normalized spacial score (nSPS) is 24.9. The average molecular weight is 302 g/mol. The molecule has 22 heavy (non-hydrogen) atoms. The molecule has 1 aromatic rings. The summed E-state index contributed by atoms with van der Waals surface area (Å²) in [6.07, 6.45) is 3.39. The molecular formula is C19H26O3. The lowest BCUT2D eigenvalue weighted by molar-refractivity contribution is -0.161. The third kappa shape index (κ3) is 2.57. The fraction of sp³-hybridized carbons (Fsp3) is 0.579. The Balaban J connectivity index is 2.64. The summed E-state index contributed by atoms with van der Waals surface area (Å²) >= 11 is 0. The van der Waals surface area contributed by atoms with Crippen molar-refractivity contribution >= 4 is 11.8 Å². The van der Waals surface area contributed by atoms with Crippen LogP contribution in [0.4, 0.5) is 0 Å². The molecule has 0 aliphatic heterocycles. The first-order chi connectivity index (χ1) is 10.3. The second kappa shape index (κ2) is 6.23. The van der Waals surface area contributed by atoms with Crippen molar-refractivity contribution in [2.75, 3.05) is 7.11 Å². The van der Waals surface area contributed by atoms with Crippen LogP contribution < -0.4 is 0 Å². The summed E-state index contributed by atoms with van der Waals surface area (Å²) in [7, 11) is 1.38. The van der Waals surface area contributed by atoms with Gasteiger partial charge in [-0.2, -0.15) is 0 Å². The predicted octanol–water partition coefficient (Wildman–Crippen LogP) is 4.02. The van der Waals surface area contributed by atoms with E-state index in [1.807, 2.05) is 0 Å². The third-order valence-corrected chi connectivity index (χ3v) is 5.17. The second-order valence-electron chi connectivity index (χ2n) is 6.63. The average Bonchev–Trinajstić information content (AvgIpc) is 2.45. The number of hydrogen-bond acceptors (Lipinski definition) is 3. The lowest BCUT2D eigenvalue weighted by Gasteiger charge is -2.41. The lowest BCUT2D eigenvalue weighted by Crippen LogP contribution is -2.46. The zero-order chi connectivity index (χ0) is 16.5. The molecule has 0 radical (unpaired) electrons. The van der Waals surface area contributed by atoms with Crippen molar-refractivity contribution in [1.82, 2.24) is 0 Å². The number of carbonyl (C=O) groups is 2. The van der Waals surface area contributed by atoms with Crippen LogP contribution in [0.5, 0.6) is 0 Å². The number of benzene rings is 1. The van der Waals surface area contributed by atoms with Crippen molar-refractivity contribution in [3.8, 4) is 0 Å². The van der Waals surface area contributed by atoms with Crippen molar-refractivity contribution in [2.45, 2.75) is 59.3 Å². The second-order valence-corrected chi connectivity index (χ2v) is 6.63. The summed E-state index contributed by atoms with van der Waals surface area (Å²) in [4.78, 5) is 25.1. The van der Waals surface area contributed by atoms with Crippen molar-refractivity contribution in [3.63, 3.8) is 0 Å². The van der Waals surface area contributed by atoms with Gasteiger partial charge in [0.1, 0.15) is 11.2 Å². The Kier molecular flexibility index (Phi) is 4.74. The lowest BCUT2D eigenvalue weighted by atomic mass is 9.60. The zero-order valence-electron chi connectivity index (χ0n) is 14.3. The number of aryl methyl sites for hydroxylation is 3. The van der Waals surface area contributed by atoms with Gasteiger partial charge in [-0.15, -0.1) is 0 Å². The first-order valence-electron chi connectivity index (χ1n) is 8.01. The van der Waals surface area contributed by atoms with E-state index in [1.165, 1.54) is 30.7 Å². The molecule has 2 rings (SSSR count). The molecule has 120 valence electrons. The SMILES string of the molecule is COC(=O)C1(C(C)=O)CCCCC1c1c(C)cc(C)cc1C. The Labute approximate surface area is 133 Å². The Morgan fingerprint density at radius 2 is 1.73 bits per heavy atom. The van der Waals surface area contributed by atoms with Crippen LogP contribution in [-0.4, -0.2) is 18.9 Å². The van der Waals surface area contributed by atoms with Gasteiger partial charge in [-0.1, -0.05) is 30.5 Å². The first kappa shape index (κ1) is 16.7. The van der Waals surface area contributed by atoms with Gasteiger partial charge in [-0.3, -0.25) is 9.59 Å². The molecule has 0 bridgehead atoms. The molecule has 1 aliphatic rings. The Hall–Kier alpha value is -1.64. The smallest absolute Gasteiger partial charge is 0.319 e. The van der Waals surface area contributed by atoms with Crippen molar-refractivity contribution in [2.24, 2.45) is 5.41 Å². The van der Waals surface area contributed by atoms with Crippen molar-refractivity contribution in [3.05, 3.63) is 34.4 Å². The largest absolute Gasteiger partial charge is 0.468 e. The van der Waals surface area contributed by atoms with E-state index < -0.39 is 5.41 Å². The number of ketones is 1. The van der Waals surface area contributed by atoms with Crippen LogP contribution in [0, 0.1) is 26.2 Å². The van der Waals surface area contributed by atoms with E-state index in [0.717, 1.165) is 24.8 Å². The maximum absolute atomic E-state index is 12.6. The highest BCUT2D eigenvalue weighted by Crippen LogP contribution is 2.50. The molecule has 0 spiro atoms. The van der Waals surface area contributed by atoms with E-state index in [0.29, 0.717) is 6.42 Å². The highest BCUT2D eigenvalue weighted by atomic mass is 16.5. The first-order valence-corrected chi connectivity index (χ1v) is 8.01. The molecule has 1 aliphatic carbocycles. The minimum atomic E-state index is -1.02. The minimum absolute atomic E-state index is 0.0663. The van der Waals surface area contributed by atoms with Crippen LogP contribution in [0.15, 0.2) is 12.1 Å². The fourth-order valence-corrected chi connectivity index (χ4v) is 4.30. The molecule has 0 amide bonds. The summed E-state index contributed by atoms with van der Waals surface area (Å²) in [5.41, 5.74) is 3.68. The number of rotatable bonds is 3. The van der Waals surface area contributed by atoms with E-state index >= 15 is 0 Å². The van der Waals surface area contributed by atoms with Gasteiger partial charge in [0.05, 0.1) is 7.11 Å². The monoisotopic (exact) mass is 302 g/mol. The molecule has 3 nitrogen and oxygen atoms in total. The van der Waals surface area contributed by atoms with Crippen LogP contribution in [0.3, 0.4) is 0 Å². The number of hydrogen-bond donors (Lipinski definition) is 0. The third-order valence-electron chi connectivity index (χ3n) is 5.17. The number of ether oxygens (including phenoxy) is 1. The van der Waals surface area contributed by atoms with Crippen LogP contribution in [-0.2, 0) is 14.3 Å². The van der Waals surface area contributed by atoms with Crippen LogP contribution in [0.1, 0.15) is 60.8 Å². The van der Waals surface area contributed by atoms with Gasteiger partial charge in [0.25, 0.3) is 0 Å². The highest BCUT2D eigenvalue weighted by Gasteiger charge is 2.53. The molecule has 0 saturated heterocycles. The number of carbonyl (C=O) groups excluding carboxylic acids is 2. The predicted molar refractivity (Wildman–Crippen MR) is 87.0 cm³/mol. The summed E-state index contributed by atoms with van der Waals surface area (Å²) in [6, 6.07) is 4.28. The van der Waals surface area contributed by atoms with E-state index in [1.54, 1.807) is 0 Å². The van der Waals surface area contributed by atoms with E-state index in [-0.39, 0.29) is 17.7 Å². The quantitative estimate of drug-likeness (QED) is 0.625. The van der Waals surface area contributed by atoms with E-state index in [9.17, 15) is 9.59 Å². The Morgan fingerprint density at radius 3 is 2.23 bits per heavy atom. The van der Waals surface area contributed by atoms with Crippen molar-refractivity contribution in [1.29, 1.82) is 0 Å².